The quantitative estimate of drug-likeness (QED) is 0.510. The maximum atomic E-state index is 12.4. The van der Waals surface area contributed by atoms with Crippen molar-refractivity contribution in [2.75, 3.05) is 5.73 Å². The number of benzene rings is 2. The maximum Gasteiger partial charge on any atom is 0.271 e. The number of carbonyl (C=O) groups excluding carboxylic acids is 2. The van der Waals surface area contributed by atoms with Gasteiger partial charge in [0.05, 0.1) is 17.7 Å². The third-order valence-electron chi connectivity index (χ3n) is 4.59. The Kier molecular flexibility index (Phi) is 7.22. The van der Waals surface area contributed by atoms with Crippen molar-refractivity contribution in [3.63, 3.8) is 0 Å². The number of carbonyl (C=O) groups is 2. The van der Waals surface area contributed by atoms with Crippen LogP contribution in [0.3, 0.4) is 0 Å². The molecule has 3 aromatic rings. The molecule has 0 aliphatic heterocycles. The van der Waals surface area contributed by atoms with E-state index in [0.717, 1.165) is 16.9 Å². The summed E-state index contributed by atoms with van der Waals surface area (Å²) in [5.74, 6) is 0.316. The van der Waals surface area contributed by atoms with E-state index in [1.807, 2.05) is 68.4 Å². The van der Waals surface area contributed by atoms with E-state index in [1.54, 1.807) is 12.1 Å². The first-order valence-electron chi connectivity index (χ1n) is 10.0. The lowest BCUT2D eigenvalue weighted by Gasteiger charge is -2.13. The number of anilines is 1. The van der Waals surface area contributed by atoms with Crippen LogP contribution in [0.1, 0.15) is 46.9 Å². The molecule has 3 rings (SSSR count). The van der Waals surface area contributed by atoms with E-state index in [2.05, 4.69) is 15.8 Å². The van der Waals surface area contributed by atoms with Crippen LogP contribution in [-0.4, -0.2) is 16.8 Å². The van der Waals surface area contributed by atoms with Gasteiger partial charge in [-0.15, -0.1) is 0 Å². The molecule has 0 radical (unpaired) electrons. The van der Waals surface area contributed by atoms with Crippen LogP contribution < -0.4 is 21.3 Å². The minimum absolute atomic E-state index is 0.0163. The summed E-state index contributed by atoms with van der Waals surface area (Å²) in [6.45, 7) is 4.32. The number of ether oxygens (including phenoxy) is 1. The van der Waals surface area contributed by atoms with Crippen LogP contribution in [0, 0.1) is 0 Å². The number of pyridine rings is 1. The molecule has 1 heterocycles. The first kappa shape index (κ1) is 21.8. The van der Waals surface area contributed by atoms with Crippen molar-refractivity contribution >= 4 is 17.6 Å². The summed E-state index contributed by atoms with van der Waals surface area (Å²) < 4.78 is 5.75. The number of amides is 2. The molecule has 4 N–H and O–H groups in total. The minimum atomic E-state index is -0.436. The van der Waals surface area contributed by atoms with Gasteiger partial charge in [0.15, 0.2) is 0 Å². The molecule has 0 bridgehead atoms. The topological polar surface area (TPSA) is 106 Å². The number of nitrogen functional groups attached to an aromatic ring is 1. The molecule has 0 aliphatic rings. The van der Waals surface area contributed by atoms with Gasteiger partial charge in [-0.05, 0) is 41.3 Å². The SMILES string of the molecule is CC(C)c1nc(N)ccc1C(=O)NNC(=O)Cc1ccc(OCc2ccccc2)cc1. The second-order valence-corrected chi connectivity index (χ2v) is 7.42. The molecule has 0 aliphatic carbocycles. The van der Waals surface area contributed by atoms with Gasteiger partial charge in [-0.1, -0.05) is 56.3 Å². The van der Waals surface area contributed by atoms with Crippen LogP contribution in [0.15, 0.2) is 66.7 Å². The van der Waals surface area contributed by atoms with Gasteiger partial charge in [0, 0.05) is 0 Å². The number of hydrogen-bond donors (Lipinski definition) is 3. The molecular formula is C24H26N4O3. The molecule has 2 aromatic carbocycles. The number of nitrogens with two attached hydrogens (primary N) is 1. The second-order valence-electron chi connectivity index (χ2n) is 7.42. The van der Waals surface area contributed by atoms with Crippen molar-refractivity contribution in [1.82, 2.24) is 15.8 Å². The van der Waals surface area contributed by atoms with Crippen LogP contribution in [-0.2, 0) is 17.8 Å². The van der Waals surface area contributed by atoms with E-state index in [1.165, 1.54) is 0 Å². The first-order valence-corrected chi connectivity index (χ1v) is 10.0. The Morgan fingerprint density at radius 2 is 1.65 bits per heavy atom. The predicted octanol–water partition coefficient (Wildman–Crippen LogP) is 3.37. The van der Waals surface area contributed by atoms with Crippen LogP contribution in [0.5, 0.6) is 5.75 Å². The zero-order valence-corrected chi connectivity index (χ0v) is 17.6. The van der Waals surface area contributed by atoms with Crippen molar-refractivity contribution in [2.24, 2.45) is 0 Å². The zero-order valence-electron chi connectivity index (χ0n) is 17.6. The van der Waals surface area contributed by atoms with Crippen molar-refractivity contribution < 1.29 is 14.3 Å². The van der Waals surface area contributed by atoms with E-state index in [0.29, 0.717) is 23.7 Å². The normalized spacial score (nSPS) is 10.5. The van der Waals surface area contributed by atoms with Crippen LogP contribution in [0.2, 0.25) is 0 Å². The van der Waals surface area contributed by atoms with E-state index in [9.17, 15) is 9.59 Å². The molecule has 0 saturated heterocycles. The third kappa shape index (κ3) is 6.30. The van der Waals surface area contributed by atoms with Gasteiger partial charge >= 0.3 is 0 Å². The Bertz CT molecular complexity index is 1030. The van der Waals surface area contributed by atoms with Gasteiger partial charge in [0.25, 0.3) is 5.91 Å². The number of aromatic nitrogens is 1. The Labute approximate surface area is 181 Å². The van der Waals surface area contributed by atoms with Crippen LogP contribution >= 0.6 is 0 Å². The molecule has 2 amide bonds. The smallest absolute Gasteiger partial charge is 0.271 e. The standard InChI is InChI=1S/C24H26N4O3/c1-16(2)23-20(12-13-21(25)26-23)24(30)28-27-22(29)14-17-8-10-19(11-9-17)31-15-18-6-4-3-5-7-18/h3-13,16H,14-15H2,1-2H3,(H2,25,26)(H,27,29)(H,28,30). The maximum absolute atomic E-state index is 12.4. The van der Waals surface area contributed by atoms with E-state index >= 15 is 0 Å². The van der Waals surface area contributed by atoms with Gasteiger partial charge < -0.3 is 10.5 Å². The number of hydrogen-bond acceptors (Lipinski definition) is 5. The number of rotatable bonds is 7. The second kappa shape index (κ2) is 10.2. The Morgan fingerprint density at radius 1 is 0.935 bits per heavy atom. The largest absolute Gasteiger partial charge is 0.489 e. The van der Waals surface area contributed by atoms with E-state index in [-0.39, 0.29) is 18.2 Å². The highest BCUT2D eigenvalue weighted by Crippen LogP contribution is 2.18. The van der Waals surface area contributed by atoms with Gasteiger partial charge in [-0.25, -0.2) is 4.98 Å². The van der Waals surface area contributed by atoms with Crippen LogP contribution in [0.25, 0.3) is 0 Å². The molecule has 0 fully saturated rings. The van der Waals surface area contributed by atoms with Crippen molar-refractivity contribution in [1.29, 1.82) is 0 Å². The summed E-state index contributed by atoms with van der Waals surface area (Å²) in [6, 6.07) is 20.3. The predicted molar refractivity (Wildman–Crippen MR) is 119 cm³/mol. The lowest BCUT2D eigenvalue weighted by Crippen LogP contribution is -2.42. The summed E-state index contributed by atoms with van der Waals surface area (Å²) in [6.07, 6.45) is 0.121. The van der Waals surface area contributed by atoms with Crippen molar-refractivity contribution in [2.45, 2.75) is 32.8 Å². The molecule has 0 spiro atoms. The highest BCUT2D eigenvalue weighted by Gasteiger charge is 2.16. The summed E-state index contributed by atoms with van der Waals surface area (Å²) in [4.78, 5) is 28.9. The first-order chi connectivity index (χ1) is 14.9. The molecule has 1 aromatic heterocycles. The third-order valence-corrected chi connectivity index (χ3v) is 4.59. The lowest BCUT2D eigenvalue weighted by molar-refractivity contribution is -0.121. The summed E-state index contributed by atoms with van der Waals surface area (Å²) in [7, 11) is 0. The number of hydrazine groups is 1. The highest BCUT2D eigenvalue weighted by molar-refractivity contribution is 5.96. The van der Waals surface area contributed by atoms with Gasteiger partial charge in [-0.2, -0.15) is 0 Å². The van der Waals surface area contributed by atoms with E-state index < -0.39 is 5.91 Å². The lowest BCUT2D eigenvalue weighted by atomic mass is 10.0. The molecule has 7 nitrogen and oxygen atoms in total. The fourth-order valence-electron chi connectivity index (χ4n) is 2.99. The van der Waals surface area contributed by atoms with Gasteiger partial charge in [0.1, 0.15) is 18.2 Å². The Balaban J connectivity index is 1.50. The molecular weight excluding hydrogens is 392 g/mol. The highest BCUT2D eigenvalue weighted by atomic mass is 16.5. The monoisotopic (exact) mass is 418 g/mol. The zero-order chi connectivity index (χ0) is 22.2. The molecule has 7 heteroatoms. The summed E-state index contributed by atoms with van der Waals surface area (Å²) in [5, 5.41) is 0. The number of nitrogens with one attached hydrogen (secondary N) is 2. The average Bonchev–Trinajstić information content (AvgIpc) is 2.77. The Hall–Kier alpha value is -3.87. The fraction of sp³-hybridized carbons (Fsp3) is 0.208. The summed E-state index contributed by atoms with van der Waals surface area (Å²) in [5.41, 5.74) is 13.4. The van der Waals surface area contributed by atoms with Gasteiger partial charge in [-0.3, -0.25) is 20.4 Å². The fourth-order valence-corrected chi connectivity index (χ4v) is 2.99. The summed E-state index contributed by atoms with van der Waals surface area (Å²) >= 11 is 0. The molecule has 0 saturated carbocycles. The average molecular weight is 418 g/mol. The van der Waals surface area contributed by atoms with Crippen molar-refractivity contribution in [3.8, 4) is 5.75 Å². The molecule has 0 unspecified atom stereocenters. The molecule has 31 heavy (non-hydrogen) atoms. The van der Waals surface area contributed by atoms with E-state index in [4.69, 9.17) is 10.5 Å². The Morgan fingerprint density at radius 3 is 2.32 bits per heavy atom. The molecule has 0 atom stereocenters. The number of nitrogens with zero attached hydrogens (tertiary/aromatic N) is 1. The molecule has 160 valence electrons. The minimum Gasteiger partial charge on any atom is -0.489 e. The van der Waals surface area contributed by atoms with Gasteiger partial charge in [0.2, 0.25) is 5.91 Å². The van der Waals surface area contributed by atoms with Crippen LogP contribution in [0.4, 0.5) is 5.82 Å². The van der Waals surface area contributed by atoms with Crippen molar-refractivity contribution in [3.05, 3.63) is 89.1 Å².